The largest absolute Gasteiger partial charge is 0.462 e. The van der Waals surface area contributed by atoms with Crippen molar-refractivity contribution < 1.29 is 18.7 Å². The first-order valence-corrected chi connectivity index (χ1v) is 7.64. The Kier molecular flexibility index (Phi) is 6.14. The van der Waals surface area contributed by atoms with Crippen molar-refractivity contribution in [2.24, 2.45) is 0 Å². The SMILES string of the molecule is CCOC(=O)c1ccccc1NC(=O)CNc1ccc(F)cc1Cl. The summed E-state index contributed by atoms with van der Waals surface area (Å²) in [5, 5.41) is 5.61. The molecule has 2 aromatic carbocycles. The second-order valence-corrected chi connectivity index (χ2v) is 5.20. The molecular formula is C17H16ClFN2O3. The van der Waals surface area contributed by atoms with Crippen LogP contribution in [0.1, 0.15) is 17.3 Å². The van der Waals surface area contributed by atoms with Gasteiger partial charge in [-0.1, -0.05) is 23.7 Å². The van der Waals surface area contributed by atoms with E-state index in [-0.39, 0.29) is 29.6 Å². The molecule has 7 heteroatoms. The number of halogens is 2. The molecule has 0 aliphatic rings. The number of amides is 1. The van der Waals surface area contributed by atoms with E-state index in [4.69, 9.17) is 16.3 Å². The molecular weight excluding hydrogens is 335 g/mol. The van der Waals surface area contributed by atoms with Gasteiger partial charge in [-0.15, -0.1) is 0 Å². The molecule has 24 heavy (non-hydrogen) atoms. The minimum Gasteiger partial charge on any atom is -0.462 e. The molecule has 2 aromatic rings. The van der Waals surface area contributed by atoms with Gasteiger partial charge >= 0.3 is 5.97 Å². The fourth-order valence-corrected chi connectivity index (χ4v) is 2.22. The molecule has 0 aliphatic carbocycles. The van der Waals surface area contributed by atoms with E-state index in [1.807, 2.05) is 0 Å². The second kappa shape index (κ2) is 8.31. The molecule has 0 fully saturated rings. The minimum absolute atomic E-state index is 0.0947. The van der Waals surface area contributed by atoms with Crippen LogP contribution in [0.25, 0.3) is 0 Å². The number of anilines is 2. The van der Waals surface area contributed by atoms with E-state index in [0.29, 0.717) is 11.4 Å². The number of carbonyl (C=O) groups is 2. The Bertz CT molecular complexity index is 752. The first-order chi connectivity index (χ1) is 11.5. The van der Waals surface area contributed by atoms with Crippen molar-refractivity contribution in [2.45, 2.75) is 6.92 Å². The highest BCUT2D eigenvalue weighted by Crippen LogP contribution is 2.22. The summed E-state index contributed by atoms with van der Waals surface area (Å²) >= 11 is 5.88. The Labute approximate surface area is 143 Å². The van der Waals surface area contributed by atoms with Gasteiger partial charge in [-0.3, -0.25) is 4.79 Å². The summed E-state index contributed by atoms with van der Waals surface area (Å²) in [6, 6.07) is 10.4. The van der Waals surface area contributed by atoms with Gasteiger partial charge in [0.2, 0.25) is 5.91 Å². The van der Waals surface area contributed by atoms with E-state index >= 15 is 0 Å². The highest BCUT2D eigenvalue weighted by molar-refractivity contribution is 6.33. The number of hydrogen-bond donors (Lipinski definition) is 2. The minimum atomic E-state index is -0.511. The Morgan fingerprint density at radius 3 is 2.62 bits per heavy atom. The number of benzene rings is 2. The first-order valence-electron chi connectivity index (χ1n) is 7.26. The molecule has 0 heterocycles. The van der Waals surface area contributed by atoms with Crippen LogP contribution in [0, 0.1) is 5.82 Å². The molecule has 0 saturated heterocycles. The molecule has 0 bridgehead atoms. The number of hydrogen-bond acceptors (Lipinski definition) is 4. The van der Waals surface area contributed by atoms with Gasteiger partial charge < -0.3 is 15.4 Å². The summed E-state index contributed by atoms with van der Waals surface area (Å²) in [5.74, 6) is -1.35. The van der Waals surface area contributed by atoms with Crippen molar-refractivity contribution >= 4 is 34.9 Å². The second-order valence-electron chi connectivity index (χ2n) is 4.79. The van der Waals surface area contributed by atoms with Crippen LogP contribution >= 0.6 is 11.6 Å². The summed E-state index contributed by atoms with van der Waals surface area (Å²) in [4.78, 5) is 23.9. The highest BCUT2D eigenvalue weighted by atomic mass is 35.5. The predicted octanol–water partition coefficient (Wildman–Crippen LogP) is 3.71. The van der Waals surface area contributed by atoms with Crippen LogP contribution in [-0.2, 0) is 9.53 Å². The van der Waals surface area contributed by atoms with Gasteiger partial charge in [0.25, 0.3) is 0 Å². The van der Waals surface area contributed by atoms with Crippen LogP contribution in [0.3, 0.4) is 0 Å². The molecule has 0 radical (unpaired) electrons. The van der Waals surface area contributed by atoms with Crippen LogP contribution in [0.2, 0.25) is 5.02 Å². The van der Waals surface area contributed by atoms with E-state index in [1.165, 1.54) is 12.1 Å². The Balaban J connectivity index is 2.01. The maximum atomic E-state index is 13.0. The highest BCUT2D eigenvalue weighted by Gasteiger charge is 2.14. The Morgan fingerprint density at radius 1 is 1.17 bits per heavy atom. The smallest absolute Gasteiger partial charge is 0.340 e. The van der Waals surface area contributed by atoms with E-state index in [2.05, 4.69) is 10.6 Å². The number of para-hydroxylation sites is 1. The normalized spacial score (nSPS) is 10.1. The third-order valence-electron chi connectivity index (χ3n) is 3.07. The number of ether oxygens (including phenoxy) is 1. The van der Waals surface area contributed by atoms with E-state index in [1.54, 1.807) is 31.2 Å². The number of esters is 1. The van der Waals surface area contributed by atoms with Crippen LogP contribution in [-0.4, -0.2) is 25.0 Å². The summed E-state index contributed by atoms with van der Waals surface area (Å²) in [6.45, 7) is 1.85. The summed E-state index contributed by atoms with van der Waals surface area (Å²) in [5.41, 5.74) is 1.06. The van der Waals surface area contributed by atoms with Gasteiger partial charge in [0.05, 0.1) is 35.1 Å². The van der Waals surface area contributed by atoms with Gasteiger partial charge in [-0.2, -0.15) is 0 Å². The summed E-state index contributed by atoms with van der Waals surface area (Å²) < 4.78 is 17.9. The molecule has 126 valence electrons. The molecule has 0 unspecified atom stereocenters. The molecule has 0 aliphatic heterocycles. The lowest BCUT2D eigenvalue weighted by atomic mass is 10.2. The number of carbonyl (C=O) groups excluding carboxylic acids is 2. The van der Waals surface area contributed by atoms with Gasteiger partial charge in [0.15, 0.2) is 0 Å². The van der Waals surface area contributed by atoms with Gasteiger partial charge in [0.1, 0.15) is 5.82 Å². The fraction of sp³-hybridized carbons (Fsp3) is 0.176. The average Bonchev–Trinajstić information content (AvgIpc) is 2.54. The number of rotatable bonds is 6. The van der Waals surface area contributed by atoms with Crippen LogP contribution in [0.4, 0.5) is 15.8 Å². The molecule has 5 nitrogen and oxygen atoms in total. The monoisotopic (exact) mass is 350 g/mol. The summed E-state index contributed by atoms with van der Waals surface area (Å²) in [7, 11) is 0. The van der Waals surface area contributed by atoms with Gasteiger partial charge in [-0.25, -0.2) is 9.18 Å². The Morgan fingerprint density at radius 2 is 1.92 bits per heavy atom. The standard InChI is InChI=1S/C17H16ClFN2O3/c1-2-24-17(23)12-5-3-4-6-14(12)21-16(22)10-20-15-8-7-11(19)9-13(15)18/h3-9,20H,2,10H2,1H3,(H,21,22). The summed E-state index contributed by atoms with van der Waals surface area (Å²) in [6.07, 6.45) is 0. The average molecular weight is 351 g/mol. The van der Waals surface area contributed by atoms with Crippen molar-refractivity contribution in [3.8, 4) is 0 Å². The topological polar surface area (TPSA) is 67.4 Å². The zero-order chi connectivity index (χ0) is 17.5. The molecule has 0 spiro atoms. The van der Waals surface area contributed by atoms with Crippen LogP contribution in [0.15, 0.2) is 42.5 Å². The van der Waals surface area contributed by atoms with Crippen molar-refractivity contribution in [3.63, 3.8) is 0 Å². The molecule has 2 rings (SSSR count). The zero-order valence-electron chi connectivity index (χ0n) is 12.9. The maximum Gasteiger partial charge on any atom is 0.340 e. The lowest BCUT2D eigenvalue weighted by Crippen LogP contribution is -2.23. The molecule has 0 saturated carbocycles. The lowest BCUT2D eigenvalue weighted by molar-refractivity contribution is -0.114. The first kappa shape index (κ1) is 17.7. The predicted molar refractivity (Wildman–Crippen MR) is 90.9 cm³/mol. The van der Waals surface area contributed by atoms with Gasteiger partial charge in [0, 0.05) is 0 Å². The Hall–Kier alpha value is -2.60. The molecule has 1 amide bonds. The van der Waals surface area contributed by atoms with Crippen molar-refractivity contribution in [2.75, 3.05) is 23.8 Å². The third-order valence-corrected chi connectivity index (χ3v) is 3.38. The molecule has 0 aromatic heterocycles. The van der Waals surface area contributed by atoms with Crippen LogP contribution < -0.4 is 10.6 Å². The van der Waals surface area contributed by atoms with Gasteiger partial charge in [-0.05, 0) is 37.3 Å². The zero-order valence-corrected chi connectivity index (χ0v) is 13.7. The van der Waals surface area contributed by atoms with Crippen LogP contribution in [0.5, 0.6) is 0 Å². The maximum absolute atomic E-state index is 13.0. The van der Waals surface area contributed by atoms with Crippen molar-refractivity contribution in [1.29, 1.82) is 0 Å². The van der Waals surface area contributed by atoms with Crippen molar-refractivity contribution in [1.82, 2.24) is 0 Å². The third kappa shape index (κ3) is 4.70. The van der Waals surface area contributed by atoms with E-state index in [9.17, 15) is 14.0 Å². The van der Waals surface area contributed by atoms with E-state index in [0.717, 1.165) is 6.07 Å². The molecule has 0 atom stereocenters. The quantitative estimate of drug-likeness (QED) is 0.779. The fourth-order valence-electron chi connectivity index (χ4n) is 1.98. The molecule has 2 N–H and O–H groups in total. The lowest BCUT2D eigenvalue weighted by Gasteiger charge is -2.12. The number of nitrogens with one attached hydrogen (secondary N) is 2. The van der Waals surface area contributed by atoms with Crippen molar-refractivity contribution in [3.05, 3.63) is 58.9 Å². The van der Waals surface area contributed by atoms with E-state index < -0.39 is 11.8 Å².